The van der Waals surface area contributed by atoms with Crippen molar-refractivity contribution in [1.29, 1.82) is 15.8 Å². The van der Waals surface area contributed by atoms with Gasteiger partial charge in [-0.15, -0.1) is 0 Å². The maximum Gasteiger partial charge on any atom is 0.368 e. The molecule has 66 heavy (non-hydrogen) atoms. The first kappa shape index (κ1) is 74.9. The van der Waals surface area contributed by atoms with Gasteiger partial charge in [-0.2, -0.15) is 15.8 Å². The van der Waals surface area contributed by atoms with Crippen LogP contribution in [-0.4, -0.2) is 64.2 Å². The van der Waals surface area contributed by atoms with Crippen molar-refractivity contribution in [3.05, 3.63) is 145 Å². The van der Waals surface area contributed by atoms with E-state index in [0.29, 0.717) is 57.4 Å². The molecular formula is C43H47Cl4I5N5O9-. The van der Waals surface area contributed by atoms with E-state index in [0.717, 1.165) is 17.2 Å². The Labute approximate surface area is 458 Å². The number of nitrogens with two attached hydrogens (primary N) is 2. The first-order valence-electron chi connectivity index (χ1n) is 16.9. The number of carbonyl (C=O) groups excluding carboxylic acids is 1. The fraction of sp³-hybridized carbons (Fsp3) is 0.209. The van der Waals surface area contributed by atoms with Crippen LogP contribution < -0.4 is 24.7 Å². The standard InChI is InChI=1S/C10H12ClNO2.C10H8ClNO2.C10H6ClNO2.C8H6ClN.C2H2O3.CH5N.2CH4.I3.I2/c3*11-9-3-1-7(2-4-9)8(6-12)5-10(13)14;9-8-3-1-7(2-4-8)5-6-10;3-1-2(4)5;1-2;;;1-3-2;1-2/h1-4,8H,5-6,12H2,(H,13,14);1-4,8H,5H2,(H,13,14);1-5H,(H,13,14);1-4H,5H2;1H,(H,4,5);2H2,1H3;2*1H4;;/q;;;;;;;;-1;/b;;8-5-;;;;;;;. The number of nitriles is 3. The SMILES string of the molecule is C.C.CN.II.I[I-]I.N#C/C(=C/C(=O)O)c1ccc(Cl)cc1.N#CC(CC(=O)O)c1ccc(Cl)cc1.N#CCc1ccc(Cl)cc1.NCC(CC(=O)O)c1ccc(Cl)cc1.O=CC(=O)O. The molecule has 0 aliphatic carbocycles. The Hall–Kier alpha value is -2.63. The minimum atomic E-state index is -1.43. The van der Waals surface area contributed by atoms with Crippen LogP contribution in [0.15, 0.2) is 103 Å². The van der Waals surface area contributed by atoms with Gasteiger partial charge in [0.05, 0.1) is 42.9 Å². The van der Waals surface area contributed by atoms with Crippen LogP contribution in [-0.2, 0) is 30.4 Å². The molecular weight excluding hydrogens is 1510 g/mol. The topological polar surface area (TPSA) is 290 Å². The Balaban J connectivity index is -0.000000167. The van der Waals surface area contributed by atoms with Crippen LogP contribution in [0, 0.1) is 34.0 Å². The van der Waals surface area contributed by atoms with Gasteiger partial charge in [0, 0.05) is 69.3 Å². The Bertz CT molecular complexity index is 2110. The predicted molar refractivity (Wildman–Crippen MR) is 294 cm³/mol. The molecule has 0 saturated carbocycles. The van der Waals surface area contributed by atoms with Gasteiger partial charge in [0.2, 0.25) is 6.29 Å². The Morgan fingerprint density at radius 3 is 1.30 bits per heavy atom. The molecule has 4 aromatic carbocycles. The third kappa shape index (κ3) is 42.7. The Kier molecular flexibility index (Phi) is 57.0. The first-order chi connectivity index (χ1) is 30.4. The number of rotatable bonds is 11. The number of hydrogen-bond donors (Lipinski definition) is 6. The molecule has 0 saturated heterocycles. The number of carbonyl (C=O) groups is 5. The van der Waals surface area contributed by atoms with Gasteiger partial charge in [0.15, 0.2) is 0 Å². The van der Waals surface area contributed by atoms with Crippen LogP contribution >= 0.6 is 121 Å². The molecule has 362 valence electrons. The second-order valence-electron chi connectivity index (χ2n) is 10.9. The molecule has 0 spiro atoms. The molecule has 0 radical (unpaired) electrons. The molecule has 8 N–H and O–H groups in total. The van der Waals surface area contributed by atoms with Crippen LogP contribution in [0.3, 0.4) is 0 Å². The molecule has 0 fully saturated rings. The number of hydrogen-bond acceptors (Lipinski definition) is 10. The molecule has 23 heteroatoms. The molecule has 4 rings (SSSR count). The van der Waals surface area contributed by atoms with Crippen molar-refractivity contribution in [1.82, 2.24) is 0 Å². The average Bonchev–Trinajstić information content (AvgIpc) is 3.28. The van der Waals surface area contributed by atoms with Gasteiger partial charge in [-0.3, -0.25) is 14.4 Å². The summed E-state index contributed by atoms with van der Waals surface area (Å²) in [5, 5.41) is 61.2. The van der Waals surface area contributed by atoms with Crippen molar-refractivity contribution in [2.24, 2.45) is 11.5 Å². The summed E-state index contributed by atoms with van der Waals surface area (Å²) >= 11 is 32.2. The largest absolute Gasteiger partial charge is 0.481 e. The second kappa shape index (κ2) is 50.3. The zero-order valence-corrected chi connectivity index (χ0v) is 46.9. The first-order valence-corrected chi connectivity index (χ1v) is 37.3. The third-order valence-electron chi connectivity index (χ3n) is 6.69. The van der Waals surface area contributed by atoms with Gasteiger partial charge in [0.1, 0.15) is 6.07 Å². The van der Waals surface area contributed by atoms with E-state index < -0.39 is 29.8 Å². The summed E-state index contributed by atoms with van der Waals surface area (Å²) < 4.78 is 0. The van der Waals surface area contributed by atoms with E-state index in [1.165, 1.54) is 7.05 Å². The molecule has 14 nitrogen and oxygen atoms in total. The summed E-state index contributed by atoms with van der Waals surface area (Å²) in [7, 11) is 1.50. The number of carboxylic acid groups (broad SMARTS) is 4. The zero-order chi connectivity index (χ0) is 50.0. The van der Waals surface area contributed by atoms with Crippen molar-refractivity contribution in [3.63, 3.8) is 0 Å². The maximum atomic E-state index is 10.5. The molecule has 0 bridgehead atoms. The number of nitrogens with zero attached hydrogens (tertiary/aromatic N) is 3. The van der Waals surface area contributed by atoms with E-state index in [-0.39, 0.29) is 45.5 Å². The molecule has 2 atom stereocenters. The minimum absolute atomic E-state index is 0. The molecule has 0 heterocycles. The fourth-order valence-electron chi connectivity index (χ4n) is 4.02. The van der Waals surface area contributed by atoms with E-state index >= 15 is 0 Å². The number of benzene rings is 4. The summed E-state index contributed by atoms with van der Waals surface area (Å²) in [4.78, 5) is 49.2. The van der Waals surface area contributed by atoms with E-state index in [2.05, 4.69) is 86.3 Å². The summed E-state index contributed by atoms with van der Waals surface area (Å²) in [6.45, 7) is 0.327. The normalized spacial score (nSPS) is 9.73. The van der Waals surface area contributed by atoms with Crippen LogP contribution in [0.5, 0.6) is 0 Å². The van der Waals surface area contributed by atoms with E-state index in [4.69, 9.17) is 97.9 Å². The Morgan fingerprint density at radius 2 is 1.02 bits per heavy atom. The van der Waals surface area contributed by atoms with Gasteiger partial charge in [-0.1, -0.05) is 110 Å². The van der Waals surface area contributed by atoms with Crippen LogP contribution in [0.4, 0.5) is 0 Å². The molecule has 2 unspecified atom stereocenters. The summed E-state index contributed by atoms with van der Waals surface area (Å²) in [6.07, 6.45) is 1.02. The van der Waals surface area contributed by atoms with E-state index in [9.17, 15) is 14.4 Å². The third-order valence-corrected chi connectivity index (χ3v) is 7.70. The Morgan fingerprint density at radius 1 is 0.667 bits per heavy atom. The molecule has 0 aliphatic heterocycles. The second-order valence-corrected chi connectivity index (χ2v) is 28.9. The monoisotopic (exact) mass is 1550 g/mol. The average molecular weight is 1550 g/mol. The number of allylic oxidation sites excluding steroid dienone is 1. The van der Waals surface area contributed by atoms with E-state index in [1.807, 2.05) is 30.3 Å². The number of halogens is 9. The van der Waals surface area contributed by atoms with Gasteiger partial charge in [-0.25, -0.2) is 9.59 Å². The molecule has 0 amide bonds. The van der Waals surface area contributed by atoms with Crippen molar-refractivity contribution < 1.29 is 57.7 Å². The van der Waals surface area contributed by atoms with Gasteiger partial charge >= 0.3 is 74.4 Å². The van der Waals surface area contributed by atoms with Crippen LogP contribution in [0.1, 0.15) is 61.8 Å². The number of aliphatic carboxylic acids is 4. The minimum Gasteiger partial charge on any atom is -0.481 e. The van der Waals surface area contributed by atoms with Crippen molar-refractivity contribution in [2.75, 3.05) is 13.6 Å². The van der Waals surface area contributed by atoms with Gasteiger partial charge in [0.25, 0.3) is 0 Å². The van der Waals surface area contributed by atoms with Crippen molar-refractivity contribution in [2.45, 2.75) is 46.0 Å². The number of aldehydes is 1. The summed E-state index contributed by atoms with van der Waals surface area (Å²) in [5.74, 6) is -5.13. The zero-order valence-electron chi connectivity index (χ0n) is 33.1. The molecule has 0 aliphatic rings. The van der Waals surface area contributed by atoms with Gasteiger partial charge in [-0.05, 0) is 84.4 Å². The smallest absolute Gasteiger partial charge is 0.368 e. The van der Waals surface area contributed by atoms with Crippen molar-refractivity contribution >= 4 is 157 Å². The fourth-order valence-corrected chi connectivity index (χ4v) is 4.52. The molecule has 0 aromatic heterocycles. The maximum absolute atomic E-state index is 10.5. The quantitative estimate of drug-likeness (QED) is 0.0268. The summed E-state index contributed by atoms with van der Waals surface area (Å²) in [6, 6.07) is 33.2. The van der Waals surface area contributed by atoms with Crippen LogP contribution in [0.25, 0.3) is 5.57 Å². The van der Waals surface area contributed by atoms with Crippen LogP contribution in [0.2, 0.25) is 20.1 Å². The molecule has 4 aromatic rings. The predicted octanol–water partition coefficient (Wildman–Crippen LogP) is 9.68. The summed E-state index contributed by atoms with van der Waals surface area (Å²) in [5.41, 5.74) is 13.2. The van der Waals surface area contributed by atoms with Crippen molar-refractivity contribution in [3.8, 4) is 18.2 Å². The number of carboxylic acids is 4. The van der Waals surface area contributed by atoms with Gasteiger partial charge < -0.3 is 31.9 Å². The van der Waals surface area contributed by atoms with E-state index in [1.54, 1.807) is 78.9 Å².